The summed E-state index contributed by atoms with van der Waals surface area (Å²) in [6, 6.07) is -0.983. The lowest BCUT2D eigenvalue weighted by molar-refractivity contribution is 0.00280. The Balaban J connectivity index is 2.40. The molecule has 0 amide bonds. The molecule has 0 saturated carbocycles. The smallest absolute Gasteiger partial charge is 0.253 e. The number of hydrogen-bond acceptors (Lipinski definition) is 2. The van der Waals surface area contributed by atoms with E-state index in [4.69, 9.17) is 10.5 Å². The van der Waals surface area contributed by atoms with Gasteiger partial charge in [-0.1, -0.05) is 6.92 Å². The monoisotopic (exact) mass is 193 g/mol. The van der Waals surface area contributed by atoms with Crippen molar-refractivity contribution in [1.29, 1.82) is 0 Å². The molecule has 1 aliphatic rings. The van der Waals surface area contributed by atoms with Crippen molar-refractivity contribution >= 4 is 0 Å². The highest BCUT2D eigenvalue weighted by Crippen LogP contribution is 2.34. The van der Waals surface area contributed by atoms with Gasteiger partial charge < -0.3 is 10.5 Å². The van der Waals surface area contributed by atoms with Crippen LogP contribution in [0.15, 0.2) is 0 Å². The molecule has 0 spiro atoms. The lowest BCUT2D eigenvalue weighted by Crippen LogP contribution is -2.38. The summed E-state index contributed by atoms with van der Waals surface area (Å²) in [6.45, 7) is 3.36. The van der Waals surface area contributed by atoms with E-state index < -0.39 is 12.5 Å². The Bertz CT molecular complexity index is 158. The number of rotatable bonds is 3. The lowest BCUT2D eigenvalue weighted by Gasteiger charge is -2.35. The minimum atomic E-state index is -2.40. The second kappa shape index (κ2) is 4.33. The molecule has 13 heavy (non-hydrogen) atoms. The first-order valence-electron chi connectivity index (χ1n) is 4.65. The maximum atomic E-state index is 12.2. The van der Waals surface area contributed by atoms with Gasteiger partial charge in [0, 0.05) is 13.2 Å². The predicted molar refractivity (Wildman–Crippen MR) is 46.8 cm³/mol. The number of ether oxygens (including phenoxy) is 1. The van der Waals surface area contributed by atoms with Crippen LogP contribution in [0, 0.1) is 5.41 Å². The molecule has 4 heteroatoms. The Morgan fingerprint density at radius 2 is 1.92 bits per heavy atom. The fourth-order valence-electron chi connectivity index (χ4n) is 1.73. The topological polar surface area (TPSA) is 35.2 Å². The van der Waals surface area contributed by atoms with Crippen molar-refractivity contribution < 1.29 is 13.5 Å². The van der Waals surface area contributed by atoms with Crippen LogP contribution in [0.4, 0.5) is 8.78 Å². The van der Waals surface area contributed by atoms with Crippen LogP contribution in [0.3, 0.4) is 0 Å². The van der Waals surface area contributed by atoms with Crippen molar-refractivity contribution in [2.45, 2.75) is 38.7 Å². The Kier molecular flexibility index (Phi) is 3.62. The van der Waals surface area contributed by atoms with Crippen molar-refractivity contribution in [1.82, 2.24) is 0 Å². The van der Waals surface area contributed by atoms with Crippen LogP contribution in [-0.2, 0) is 4.74 Å². The van der Waals surface area contributed by atoms with Crippen LogP contribution < -0.4 is 5.73 Å². The normalized spacial score (nSPS) is 24.7. The Labute approximate surface area is 77.4 Å². The summed E-state index contributed by atoms with van der Waals surface area (Å²) in [5.41, 5.74) is 5.29. The van der Waals surface area contributed by atoms with Gasteiger partial charge in [-0.3, -0.25) is 0 Å². The van der Waals surface area contributed by atoms with Gasteiger partial charge in [0.2, 0.25) is 0 Å². The highest BCUT2D eigenvalue weighted by Gasteiger charge is 2.31. The summed E-state index contributed by atoms with van der Waals surface area (Å²) in [4.78, 5) is 0. The maximum absolute atomic E-state index is 12.2. The molecule has 1 aliphatic heterocycles. The molecule has 0 radical (unpaired) electrons. The zero-order valence-corrected chi connectivity index (χ0v) is 7.93. The van der Waals surface area contributed by atoms with Crippen LogP contribution in [0.1, 0.15) is 26.2 Å². The fourth-order valence-corrected chi connectivity index (χ4v) is 1.73. The Morgan fingerprint density at radius 3 is 2.38 bits per heavy atom. The summed E-state index contributed by atoms with van der Waals surface area (Å²) >= 11 is 0. The van der Waals surface area contributed by atoms with Crippen molar-refractivity contribution in [3.8, 4) is 0 Å². The largest absolute Gasteiger partial charge is 0.381 e. The molecule has 1 heterocycles. The molecule has 0 aliphatic carbocycles. The van der Waals surface area contributed by atoms with E-state index in [1.807, 2.05) is 6.92 Å². The van der Waals surface area contributed by atoms with E-state index in [1.165, 1.54) is 0 Å². The van der Waals surface area contributed by atoms with Gasteiger partial charge >= 0.3 is 0 Å². The van der Waals surface area contributed by atoms with Gasteiger partial charge in [-0.2, -0.15) is 0 Å². The molecular formula is C9H17F2NO. The molecule has 2 N–H and O–H groups in total. The van der Waals surface area contributed by atoms with E-state index in [9.17, 15) is 8.78 Å². The van der Waals surface area contributed by atoms with Crippen molar-refractivity contribution in [2.75, 3.05) is 13.2 Å². The number of nitrogens with two attached hydrogens (primary N) is 1. The highest BCUT2D eigenvalue weighted by molar-refractivity contribution is 4.82. The van der Waals surface area contributed by atoms with E-state index >= 15 is 0 Å². The van der Waals surface area contributed by atoms with Gasteiger partial charge in [-0.15, -0.1) is 0 Å². The van der Waals surface area contributed by atoms with Gasteiger partial charge in [0.25, 0.3) is 6.43 Å². The molecule has 1 saturated heterocycles. The first-order chi connectivity index (χ1) is 6.03. The van der Waals surface area contributed by atoms with Crippen molar-refractivity contribution in [2.24, 2.45) is 11.1 Å². The van der Waals surface area contributed by atoms with Gasteiger partial charge in [0.15, 0.2) is 0 Å². The van der Waals surface area contributed by atoms with Crippen LogP contribution in [-0.4, -0.2) is 25.7 Å². The first-order valence-corrected chi connectivity index (χ1v) is 4.65. The zero-order valence-electron chi connectivity index (χ0n) is 7.93. The fraction of sp³-hybridized carbons (Fsp3) is 1.00. The van der Waals surface area contributed by atoms with Crippen LogP contribution in [0.25, 0.3) is 0 Å². The van der Waals surface area contributed by atoms with E-state index in [1.54, 1.807) is 0 Å². The number of hydrogen-bond donors (Lipinski definition) is 1. The average Bonchev–Trinajstić information content (AvgIpc) is 2.04. The summed E-state index contributed by atoms with van der Waals surface area (Å²) in [6.07, 6.45) is -0.325. The van der Waals surface area contributed by atoms with E-state index in [0.29, 0.717) is 19.6 Å². The zero-order chi connectivity index (χ0) is 9.90. The van der Waals surface area contributed by atoms with Crippen LogP contribution in [0.2, 0.25) is 0 Å². The second-order valence-corrected chi connectivity index (χ2v) is 4.13. The molecule has 78 valence electrons. The quantitative estimate of drug-likeness (QED) is 0.741. The third-order valence-corrected chi connectivity index (χ3v) is 2.75. The van der Waals surface area contributed by atoms with Gasteiger partial charge in [-0.25, -0.2) is 8.78 Å². The summed E-state index contributed by atoms with van der Waals surface area (Å²) in [5, 5.41) is 0. The molecule has 2 nitrogen and oxygen atoms in total. The van der Waals surface area contributed by atoms with E-state index in [0.717, 1.165) is 12.8 Å². The lowest BCUT2D eigenvalue weighted by atomic mass is 9.77. The second-order valence-electron chi connectivity index (χ2n) is 4.13. The number of halogens is 2. The standard InChI is InChI=1S/C9H17F2NO/c1-9(2-4-13-5-3-9)6-7(12)8(10)11/h7-8H,2-6,12H2,1H3. The molecule has 1 unspecified atom stereocenters. The molecule has 0 bridgehead atoms. The molecule has 0 aromatic heterocycles. The van der Waals surface area contributed by atoms with Gasteiger partial charge in [0.05, 0.1) is 6.04 Å². The molecule has 1 fully saturated rings. The average molecular weight is 193 g/mol. The summed E-state index contributed by atoms with van der Waals surface area (Å²) < 4.78 is 29.6. The molecule has 1 atom stereocenters. The molecule has 1 rings (SSSR count). The minimum Gasteiger partial charge on any atom is -0.381 e. The first kappa shape index (κ1) is 10.9. The highest BCUT2D eigenvalue weighted by atomic mass is 19.3. The number of alkyl halides is 2. The third-order valence-electron chi connectivity index (χ3n) is 2.75. The Hall–Kier alpha value is -0.220. The van der Waals surface area contributed by atoms with Gasteiger partial charge in [0.1, 0.15) is 0 Å². The Morgan fingerprint density at radius 1 is 1.38 bits per heavy atom. The third kappa shape index (κ3) is 3.19. The van der Waals surface area contributed by atoms with Gasteiger partial charge in [-0.05, 0) is 24.7 Å². The summed E-state index contributed by atoms with van der Waals surface area (Å²) in [5.74, 6) is 0. The SMILES string of the molecule is CC1(CC(N)C(F)F)CCOCC1. The molecule has 0 aromatic rings. The van der Waals surface area contributed by atoms with Crippen LogP contribution >= 0.6 is 0 Å². The maximum Gasteiger partial charge on any atom is 0.253 e. The van der Waals surface area contributed by atoms with E-state index in [2.05, 4.69) is 0 Å². The van der Waals surface area contributed by atoms with Crippen LogP contribution in [0.5, 0.6) is 0 Å². The predicted octanol–water partition coefficient (Wildman–Crippen LogP) is 1.79. The minimum absolute atomic E-state index is 0.0475. The molecule has 0 aromatic carbocycles. The molecular weight excluding hydrogens is 176 g/mol. The van der Waals surface area contributed by atoms with Crippen molar-refractivity contribution in [3.05, 3.63) is 0 Å². The summed E-state index contributed by atoms with van der Waals surface area (Å²) in [7, 11) is 0. The van der Waals surface area contributed by atoms with E-state index in [-0.39, 0.29) is 5.41 Å². The van der Waals surface area contributed by atoms with Crippen molar-refractivity contribution in [3.63, 3.8) is 0 Å².